The number of fused-ring (bicyclic) bond motifs is 1. The summed E-state index contributed by atoms with van der Waals surface area (Å²) >= 11 is 0. The second-order valence-corrected chi connectivity index (χ2v) is 11.8. The van der Waals surface area contributed by atoms with E-state index >= 15 is 0 Å². The smallest absolute Gasteiger partial charge is 0.318 e. The molecule has 2 heterocycles. The third-order valence-corrected chi connectivity index (χ3v) is 9.15. The van der Waals surface area contributed by atoms with Gasteiger partial charge in [0.05, 0.1) is 4.90 Å². The van der Waals surface area contributed by atoms with Crippen LogP contribution in [0.25, 0.3) is 11.1 Å². The van der Waals surface area contributed by atoms with E-state index in [9.17, 15) is 27.5 Å². The predicted molar refractivity (Wildman–Crippen MR) is 147 cm³/mol. The molecule has 1 N–H and O–H groups in total. The fourth-order valence-electron chi connectivity index (χ4n) is 5.23. The van der Waals surface area contributed by atoms with Crippen LogP contribution in [-0.4, -0.2) is 62.4 Å². The van der Waals surface area contributed by atoms with E-state index in [2.05, 4.69) is 17.0 Å². The highest BCUT2D eigenvalue weighted by Gasteiger charge is 2.30. The molecule has 0 spiro atoms. The third-order valence-electron chi connectivity index (χ3n) is 7.29. The highest BCUT2D eigenvalue weighted by molar-refractivity contribution is 7.89. The van der Waals surface area contributed by atoms with Crippen molar-refractivity contribution >= 4 is 33.3 Å². The Morgan fingerprint density at radius 1 is 0.897 bits per heavy atom. The van der Waals surface area contributed by atoms with Crippen LogP contribution in [0.2, 0.25) is 0 Å². The van der Waals surface area contributed by atoms with Crippen molar-refractivity contribution in [3.63, 3.8) is 0 Å². The lowest BCUT2D eigenvalue weighted by molar-refractivity contribution is -0.137. The van der Waals surface area contributed by atoms with Gasteiger partial charge in [-0.1, -0.05) is 24.3 Å². The molecule has 1 fully saturated rings. The Morgan fingerprint density at radius 3 is 2.18 bits per heavy atom. The van der Waals surface area contributed by atoms with Crippen LogP contribution in [0.3, 0.4) is 0 Å². The molecule has 0 radical (unpaired) electrons. The molecule has 8 nitrogen and oxygen atoms in total. The molecule has 5 rings (SSSR count). The largest absolute Gasteiger partial charge is 0.480 e. The monoisotopic (exact) mass is 551 g/mol. The molecule has 3 aromatic carbocycles. The summed E-state index contributed by atoms with van der Waals surface area (Å²) in [6, 6.07) is 18.6. The normalized spacial score (nSPS) is 15.1. The van der Waals surface area contributed by atoms with Crippen LogP contribution in [0.1, 0.15) is 24.8 Å². The maximum atomic E-state index is 13.5. The van der Waals surface area contributed by atoms with Gasteiger partial charge >= 0.3 is 5.97 Å². The number of carboxylic acids is 1. The number of benzene rings is 3. The summed E-state index contributed by atoms with van der Waals surface area (Å²) in [6.07, 6.45) is 2.68. The van der Waals surface area contributed by atoms with Crippen molar-refractivity contribution in [2.75, 3.05) is 42.5 Å². The summed E-state index contributed by atoms with van der Waals surface area (Å²) in [6.45, 7) is 1.41. The van der Waals surface area contributed by atoms with Gasteiger partial charge in [-0.2, -0.15) is 4.31 Å². The second-order valence-electron chi connectivity index (χ2n) is 9.82. The number of rotatable bonds is 9. The SMILES string of the molecule is O=C(O)CN(CCC(=O)N1CCc2cc(F)ccc21)S(=O)(=O)c1ccc(-c2ccc(N3CCCC3)cc2)cc1. The Bertz CT molecular complexity index is 1470. The van der Waals surface area contributed by atoms with Gasteiger partial charge in [0, 0.05) is 44.0 Å². The van der Waals surface area contributed by atoms with Crippen molar-refractivity contribution in [2.24, 2.45) is 0 Å². The fraction of sp³-hybridized carbons (Fsp3) is 0.310. The minimum Gasteiger partial charge on any atom is -0.480 e. The standard InChI is InChI=1S/C29H30FN3O5S/c30-24-7-12-27-23(19-24)13-18-33(27)28(34)14-17-32(20-29(35)36)39(37,38)26-10-5-22(6-11-26)21-3-8-25(9-4-21)31-15-1-2-16-31/h3-12,19H,1-2,13-18,20H2,(H,35,36). The van der Waals surface area contributed by atoms with Crippen molar-refractivity contribution in [2.45, 2.75) is 30.6 Å². The number of carboxylic acid groups (broad SMARTS) is 1. The lowest BCUT2D eigenvalue weighted by Crippen LogP contribution is -2.39. The topological polar surface area (TPSA) is 98.2 Å². The number of sulfonamides is 1. The van der Waals surface area contributed by atoms with E-state index < -0.39 is 22.5 Å². The minimum absolute atomic E-state index is 0.0457. The Kier molecular flexibility index (Phi) is 7.67. The van der Waals surface area contributed by atoms with E-state index in [4.69, 9.17) is 0 Å². The summed E-state index contributed by atoms with van der Waals surface area (Å²) in [5, 5.41) is 9.38. The molecule has 2 aliphatic rings. The first-order chi connectivity index (χ1) is 18.7. The van der Waals surface area contributed by atoms with E-state index in [0.717, 1.165) is 28.5 Å². The average Bonchev–Trinajstić information content (AvgIpc) is 3.61. The van der Waals surface area contributed by atoms with E-state index in [-0.39, 0.29) is 29.6 Å². The molecule has 0 atom stereocenters. The van der Waals surface area contributed by atoms with Gasteiger partial charge in [-0.25, -0.2) is 12.8 Å². The molecule has 1 saturated heterocycles. The maximum Gasteiger partial charge on any atom is 0.318 e. The third kappa shape index (κ3) is 5.81. The zero-order valence-electron chi connectivity index (χ0n) is 21.4. The molecular weight excluding hydrogens is 521 g/mol. The summed E-state index contributed by atoms with van der Waals surface area (Å²) in [4.78, 5) is 28.2. The van der Waals surface area contributed by atoms with Gasteiger partial charge in [0.25, 0.3) is 0 Å². The molecule has 204 valence electrons. The van der Waals surface area contributed by atoms with Gasteiger partial charge in [-0.15, -0.1) is 0 Å². The lowest BCUT2D eigenvalue weighted by atomic mass is 10.1. The van der Waals surface area contributed by atoms with Crippen LogP contribution in [0, 0.1) is 5.82 Å². The summed E-state index contributed by atoms with van der Waals surface area (Å²) < 4.78 is 41.1. The summed E-state index contributed by atoms with van der Waals surface area (Å²) in [5.74, 6) is -2.05. The molecule has 39 heavy (non-hydrogen) atoms. The molecule has 0 aliphatic carbocycles. The van der Waals surface area contributed by atoms with Crippen molar-refractivity contribution in [3.8, 4) is 11.1 Å². The number of aliphatic carboxylic acids is 1. The van der Waals surface area contributed by atoms with Gasteiger partial charge < -0.3 is 14.9 Å². The molecular formula is C29H30FN3O5S. The fourth-order valence-corrected chi connectivity index (χ4v) is 6.62. The Hall–Kier alpha value is -3.76. The molecule has 1 amide bonds. The molecule has 2 aliphatic heterocycles. The van der Waals surface area contributed by atoms with E-state index in [1.807, 2.05) is 12.1 Å². The van der Waals surface area contributed by atoms with E-state index in [1.165, 1.54) is 53.8 Å². The predicted octanol–water partition coefficient (Wildman–Crippen LogP) is 4.15. The number of anilines is 2. The molecule has 0 aromatic heterocycles. The first-order valence-electron chi connectivity index (χ1n) is 13.0. The number of carbonyl (C=O) groups is 2. The first kappa shape index (κ1) is 26.8. The van der Waals surface area contributed by atoms with Crippen LogP contribution in [0.15, 0.2) is 71.6 Å². The van der Waals surface area contributed by atoms with Gasteiger partial charge in [-0.05, 0) is 78.4 Å². The molecule has 0 bridgehead atoms. The maximum absolute atomic E-state index is 13.5. The first-order valence-corrected chi connectivity index (χ1v) is 14.4. The van der Waals surface area contributed by atoms with Crippen molar-refractivity contribution in [3.05, 3.63) is 78.1 Å². The van der Waals surface area contributed by atoms with Gasteiger partial charge in [-0.3, -0.25) is 9.59 Å². The highest BCUT2D eigenvalue weighted by atomic mass is 32.2. The van der Waals surface area contributed by atoms with Crippen LogP contribution in [0.4, 0.5) is 15.8 Å². The van der Waals surface area contributed by atoms with Gasteiger partial charge in [0.1, 0.15) is 12.4 Å². The summed E-state index contributed by atoms with van der Waals surface area (Å²) in [7, 11) is -4.17. The molecule has 3 aromatic rings. The Balaban J connectivity index is 1.28. The zero-order chi connectivity index (χ0) is 27.6. The number of hydrogen-bond donors (Lipinski definition) is 1. The molecule has 0 unspecified atom stereocenters. The quantitative estimate of drug-likeness (QED) is 0.429. The number of nitrogens with zero attached hydrogens (tertiary/aromatic N) is 3. The Labute approximate surface area is 227 Å². The van der Waals surface area contributed by atoms with Crippen molar-refractivity contribution in [1.82, 2.24) is 4.31 Å². The number of halogens is 1. The van der Waals surface area contributed by atoms with Crippen molar-refractivity contribution in [1.29, 1.82) is 0 Å². The molecule has 10 heteroatoms. The number of carbonyl (C=O) groups excluding carboxylic acids is 1. The van der Waals surface area contributed by atoms with Gasteiger partial charge in [0.15, 0.2) is 0 Å². The number of hydrogen-bond acceptors (Lipinski definition) is 5. The van der Waals surface area contributed by atoms with Gasteiger partial charge in [0.2, 0.25) is 15.9 Å². The summed E-state index contributed by atoms with van der Waals surface area (Å²) in [5.41, 5.74) is 4.26. The second kappa shape index (κ2) is 11.2. The van der Waals surface area contributed by atoms with E-state index in [0.29, 0.717) is 24.2 Å². The number of amides is 1. The molecule has 0 saturated carbocycles. The average molecular weight is 552 g/mol. The van der Waals surface area contributed by atoms with E-state index in [1.54, 1.807) is 12.1 Å². The van der Waals surface area contributed by atoms with Crippen LogP contribution in [-0.2, 0) is 26.0 Å². The highest BCUT2D eigenvalue weighted by Crippen LogP contribution is 2.30. The Morgan fingerprint density at radius 2 is 1.54 bits per heavy atom. The van der Waals surface area contributed by atoms with Crippen LogP contribution in [0.5, 0.6) is 0 Å². The lowest BCUT2D eigenvalue weighted by Gasteiger charge is -2.23. The van der Waals surface area contributed by atoms with Crippen molar-refractivity contribution < 1.29 is 27.5 Å². The minimum atomic E-state index is -4.17. The zero-order valence-corrected chi connectivity index (χ0v) is 22.2. The van der Waals surface area contributed by atoms with Crippen LogP contribution >= 0.6 is 0 Å². The van der Waals surface area contributed by atoms with Crippen LogP contribution < -0.4 is 9.80 Å².